The van der Waals surface area contributed by atoms with E-state index in [1.54, 1.807) is 12.1 Å². The van der Waals surface area contributed by atoms with E-state index in [0.29, 0.717) is 25.3 Å². The smallest absolute Gasteiger partial charge is 0.307 e. The Kier molecular flexibility index (Phi) is 5.09. The number of nitrogens with one attached hydrogen (secondary N) is 2. The van der Waals surface area contributed by atoms with Gasteiger partial charge in [0.15, 0.2) is 0 Å². The summed E-state index contributed by atoms with van der Waals surface area (Å²) in [6.07, 6.45) is -0.525. The van der Waals surface area contributed by atoms with E-state index in [2.05, 4.69) is 10.6 Å². The number of hydrogen-bond acceptors (Lipinski definition) is 4. The van der Waals surface area contributed by atoms with Gasteiger partial charge >= 0.3 is 5.97 Å². The predicted octanol–water partition coefficient (Wildman–Crippen LogP) is -0.0817. The van der Waals surface area contributed by atoms with Crippen LogP contribution < -0.4 is 10.6 Å². The van der Waals surface area contributed by atoms with E-state index in [1.165, 1.54) is 0 Å². The van der Waals surface area contributed by atoms with Crippen molar-refractivity contribution in [1.29, 1.82) is 0 Å². The number of hydrogen-bond donors (Lipinski definition) is 3. The van der Waals surface area contributed by atoms with Gasteiger partial charge in [-0.3, -0.25) is 9.59 Å². The topological polar surface area (TPSA) is 87.7 Å². The van der Waals surface area contributed by atoms with Gasteiger partial charge in [0, 0.05) is 19.6 Å². The number of carbonyl (C=O) groups is 2. The number of amides is 1. The van der Waals surface area contributed by atoms with Gasteiger partial charge in [-0.15, -0.1) is 0 Å². The summed E-state index contributed by atoms with van der Waals surface area (Å²) in [6.45, 7) is 2.09. The minimum atomic E-state index is -0.886. The first-order chi connectivity index (χ1) is 9.66. The highest BCUT2D eigenvalue weighted by Gasteiger charge is 2.21. The molecule has 0 aromatic heterocycles. The van der Waals surface area contributed by atoms with Crippen LogP contribution in [0.25, 0.3) is 0 Å². The monoisotopic (exact) mass is 278 g/mol. The molecule has 0 radical (unpaired) electrons. The van der Waals surface area contributed by atoms with Crippen molar-refractivity contribution in [2.45, 2.75) is 19.1 Å². The molecule has 1 aliphatic rings. The maximum Gasteiger partial charge on any atom is 0.307 e. The summed E-state index contributed by atoms with van der Waals surface area (Å²) in [5, 5.41) is 14.7. The average Bonchev–Trinajstić information content (AvgIpc) is 2.46. The molecule has 3 N–H and O–H groups in total. The van der Waals surface area contributed by atoms with Crippen molar-refractivity contribution < 1.29 is 19.4 Å². The number of carboxylic acid groups (broad SMARTS) is 1. The first-order valence-electron chi connectivity index (χ1n) is 6.55. The van der Waals surface area contributed by atoms with Crippen LogP contribution in [0.1, 0.15) is 11.1 Å². The van der Waals surface area contributed by atoms with E-state index >= 15 is 0 Å². The zero-order valence-electron chi connectivity index (χ0n) is 11.1. The van der Waals surface area contributed by atoms with E-state index in [4.69, 9.17) is 9.84 Å². The Labute approximate surface area is 117 Å². The van der Waals surface area contributed by atoms with E-state index in [9.17, 15) is 9.59 Å². The van der Waals surface area contributed by atoms with E-state index in [0.717, 1.165) is 12.1 Å². The van der Waals surface area contributed by atoms with Crippen LogP contribution in [0.5, 0.6) is 0 Å². The molecule has 1 aromatic carbocycles. The maximum atomic E-state index is 11.9. The summed E-state index contributed by atoms with van der Waals surface area (Å²) in [6, 6.07) is 7.19. The van der Waals surface area contributed by atoms with Gasteiger partial charge in [0.25, 0.3) is 5.91 Å². The highest BCUT2D eigenvalue weighted by molar-refractivity contribution is 5.81. The zero-order valence-corrected chi connectivity index (χ0v) is 11.1. The number of aliphatic carboxylic acids is 1. The molecule has 0 spiro atoms. The Balaban J connectivity index is 1.92. The number of morpholine rings is 1. The van der Waals surface area contributed by atoms with Crippen LogP contribution in [0.15, 0.2) is 24.3 Å². The van der Waals surface area contributed by atoms with Crippen molar-refractivity contribution >= 4 is 11.9 Å². The predicted molar refractivity (Wildman–Crippen MR) is 72.2 cm³/mol. The van der Waals surface area contributed by atoms with Crippen LogP contribution in [-0.4, -0.2) is 42.8 Å². The molecule has 1 saturated heterocycles. The Hall–Kier alpha value is -1.92. The van der Waals surface area contributed by atoms with Crippen LogP contribution in [0.4, 0.5) is 0 Å². The molecule has 1 fully saturated rings. The maximum absolute atomic E-state index is 11.9. The largest absolute Gasteiger partial charge is 0.481 e. The zero-order chi connectivity index (χ0) is 14.4. The molecule has 20 heavy (non-hydrogen) atoms. The van der Waals surface area contributed by atoms with Gasteiger partial charge in [-0.1, -0.05) is 24.3 Å². The first kappa shape index (κ1) is 14.5. The minimum Gasteiger partial charge on any atom is -0.481 e. The summed E-state index contributed by atoms with van der Waals surface area (Å²) in [5.74, 6) is -1.06. The van der Waals surface area contributed by atoms with Crippen LogP contribution in [-0.2, 0) is 27.3 Å². The molecule has 1 amide bonds. The SMILES string of the molecule is O=C(O)Cc1ccccc1CNC(=O)C1CNCCO1. The van der Waals surface area contributed by atoms with Crippen molar-refractivity contribution in [2.75, 3.05) is 19.7 Å². The van der Waals surface area contributed by atoms with Crippen molar-refractivity contribution in [3.63, 3.8) is 0 Å². The van der Waals surface area contributed by atoms with Gasteiger partial charge in [-0.05, 0) is 11.1 Å². The fourth-order valence-electron chi connectivity index (χ4n) is 2.10. The summed E-state index contributed by atoms with van der Waals surface area (Å²) >= 11 is 0. The summed E-state index contributed by atoms with van der Waals surface area (Å²) in [4.78, 5) is 22.7. The molecule has 1 aliphatic heterocycles. The number of benzene rings is 1. The Morgan fingerprint density at radius 2 is 2.10 bits per heavy atom. The molecule has 108 valence electrons. The van der Waals surface area contributed by atoms with Gasteiger partial charge in [0.05, 0.1) is 13.0 Å². The summed E-state index contributed by atoms with van der Waals surface area (Å²) in [7, 11) is 0. The Morgan fingerprint density at radius 3 is 2.75 bits per heavy atom. The third-order valence-electron chi connectivity index (χ3n) is 3.13. The lowest BCUT2D eigenvalue weighted by molar-refractivity contribution is -0.136. The van der Waals surface area contributed by atoms with Crippen LogP contribution in [0, 0.1) is 0 Å². The number of carbonyl (C=O) groups excluding carboxylic acids is 1. The second kappa shape index (κ2) is 7.02. The highest BCUT2D eigenvalue weighted by atomic mass is 16.5. The lowest BCUT2D eigenvalue weighted by Gasteiger charge is -2.22. The quantitative estimate of drug-likeness (QED) is 0.701. The first-order valence-corrected chi connectivity index (χ1v) is 6.55. The molecule has 1 aromatic rings. The van der Waals surface area contributed by atoms with Gasteiger partial charge < -0.3 is 20.5 Å². The second-order valence-corrected chi connectivity index (χ2v) is 4.62. The molecule has 1 unspecified atom stereocenters. The van der Waals surface area contributed by atoms with Crippen molar-refractivity contribution in [2.24, 2.45) is 0 Å². The van der Waals surface area contributed by atoms with Gasteiger partial charge in [0.2, 0.25) is 0 Å². The third kappa shape index (κ3) is 4.04. The molecule has 1 atom stereocenters. The van der Waals surface area contributed by atoms with Crippen LogP contribution in [0.2, 0.25) is 0 Å². The molecule has 0 bridgehead atoms. The lowest BCUT2D eigenvalue weighted by atomic mass is 10.0. The van der Waals surface area contributed by atoms with Crippen molar-refractivity contribution in [1.82, 2.24) is 10.6 Å². The molecule has 6 nitrogen and oxygen atoms in total. The normalized spacial score (nSPS) is 18.5. The van der Waals surface area contributed by atoms with Crippen LogP contribution >= 0.6 is 0 Å². The molecule has 1 heterocycles. The average molecular weight is 278 g/mol. The lowest BCUT2D eigenvalue weighted by Crippen LogP contribution is -2.47. The van der Waals surface area contributed by atoms with Gasteiger partial charge in [0.1, 0.15) is 6.10 Å². The summed E-state index contributed by atoms with van der Waals surface area (Å²) in [5.41, 5.74) is 1.52. The standard InChI is InChI=1S/C14H18N2O4/c17-13(18)7-10-3-1-2-4-11(10)8-16-14(19)12-9-15-5-6-20-12/h1-4,12,15H,5-9H2,(H,16,19)(H,17,18). The van der Waals surface area contributed by atoms with E-state index in [-0.39, 0.29) is 12.3 Å². The van der Waals surface area contributed by atoms with Gasteiger partial charge in [-0.2, -0.15) is 0 Å². The van der Waals surface area contributed by atoms with E-state index < -0.39 is 12.1 Å². The minimum absolute atomic E-state index is 0.0481. The Bertz CT molecular complexity index is 484. The van der Waals surface area contributed by atoms with Gasteiger partial charge in [-0.25, -0.2) is 0 Å². The van der Waals surface area contributed by atoms with Crippen molar-refractivity contribution in [3.8, 4) is 0 Å². The molecule has 6 heteroatoms. The number of ether oxygens (including phenoxy) is 1. The highest BCUT2D eigenvalue weighted by Crippen LogP contribution is 2.09. The molecule has 0 saturated carbocycles. The number of carboxylic acids is 1. The van der Waals surface area contributed by atoms with Crippen LogP contribution in [0.3, 0.4) is 0 Å². The molecule has 2 rings (SSSR count). The molecule has 0 aliphatic carbocycles. The number of rotatable bonds is 5. The van der Waals surface area contributed by atoms with Crippen molar-refractivity contribution in [3.05, 3.63) is 35.4 Å². The fourth-order valence-corrected chi connectivity index (χ4v) is 2.10. The van der Waals surface area contributed by atoms with E-state index in [1.807, 2.05) is 12.1 Å². The third-order valence-corrected chi connectivity index (χ3v) is 3.13. The summed E-state index contributed by atoms with van der Waals surface area (Å²) < 4.78 is 5.35. The second-order valence-electron chi connectivity index (χ2n) is 4.62. The molecular formula is C14H18N2O4. The fraction of sp³-hybridized carbons (Fsp3) is 0.429. The molecular weight excluding hydrogens is 260 g/mol. The Morgan fingerprint density at radius 1 is 1.35 bits per heavy atom.